The van der Waals surface area contributed by atoms with E-state index >= 15 is 0 Å². The second kappa shape index (κ2) is 6.35. The number of halogens is 1. The second-order valence-electron chi connectivity index (χ2n) is 5.52. The summed E-state index contributed by atoms with van der Waals surface area (Å²) in [6, 6.07) is 4.82. The highest BCUT2D eigenvalue weighted by molar-refractivity contribution is 6.30. The van der Waals surface area contributed by atoms with E-state index in [9.17, 15) is 9.59 Å². The van der Waals surface area contributed by atoms with Gasteiger partial charge in [0.1, 0.15) is 5.75 Å². The first-order valence-electron chi connectivity index (χ1n) is 6.84. The highest BCUT2D eigenvalue weighted by Gasteiger charge is 2.31. The Bertz CT molecular complexity index is 559. The number of amides is 1. The summed E-state index contributed by atoms with van der Waals surface area (Å²) in [5.41, 5.74) is 0.891. The third-order valence-electron chi connectivity index (χ3n) is 3.52. The molecule has 1 aromatic rings. The first kappa shape index (κ1) is 15.6. The van der Waals surface area contributed by atoms with E-state index in [1.54, 1.807) is 18.2 Å². The number of carboxylic acids is 1. The lowest BCUT2D eigenvalue weighted by Crippen LogP contribution is -2.46. The summed E-state index contributed by atoms with van der Waals surface area (Å²) in [5.74, 6) is -0.541. The predicted molar refractivity (Wildman–Crippen MR) is 78.6 cm³/mol. The van der Waals surface area contributed by atoms with Gasteiger partial charge in [-0.2, -0.15) is 0 Å². The molecule has 1 amide bonds. The van der Waals surface area contributed by atoms with Gasteiger partial charge < -0.3 is 15.2 Å². The lowest BCUT2D eigenvalue weighted by atomic mass is 10.0. The van der Waals surface area contributed by atoms with Crippen LogP contribution in [-0.4, -0.2) is 29.1 Å². The molecule has 2 atom stereocenters. The van der Waals surface area contributed by atoms with E-state index in [1.165, 1.54) is 0 Å². The molecule has 1 aliphatic heterocycles. The van der Waals surface area contributed by atoms with Crippen LogP contribution >= 0.6 is 11.6 Å². The minimum atomic E-state index is -0.934. The van der Waals surface area contributed by atoms with E-state index in [0.717, 1.165) is 5.56 Å². The van der Waals surface area contributed by atoms with Crippen molar-refractivity contribution in [2.45, 2.75) is 38.8 Å². The molecule has 21 heavy (non-hydrogen) atoms. The highest BCUT2D eigenvalue weighted by atomic mass is 35.5. The van der Waals surface area contributed by atoms with Gasteiger partial charge in [0.15, 0.2) is 6.10 Å². The summed E-state index contributed by atoms with van der Waals surface area (Å²) in [4.78, 5) is 23.1. The lowest BCUT2D eigenvalue weighted by Gasteiger charge is -2.22. The van der Waals surface area contributed by atoms with Crippen LogP contribution in [-0.2, 0) is 16.0 Å². The molecule has 5 nitrogen and oxygen atoms in total. The van der Waals surface area contributed by atoms with Gasteiger partial charge in [0, 0.05) is 17.5 Å². The summed E-state index contributed by atoms with van der Waals surface area (Å²) in [5, 5.41) is 12.2. The minimum absolute atomic E-state index is 0.0308. The van der Waals surface area contributed by atoms with E-state index in [0.29, 0.717) is 17.2 Å². The third-order valence-corrected chi connectivity index (χ3v) is 3.75. The topological polar surface area (TPSA) is 75.6 Å². The maximum atomic E-state index is 12.2. The van der Waals surface area contributed by atoms with Gasteiger partial charge in [-0.3, -0.25) is 9.59 Å². The molecule has 6 heteroatoms. The smallest absolute Gasteiger partial charge is 0.305 e. The molecule has 114 valence electrons. The summed E-state index contributed by atoms with van der Waals surface area (Å²) < 4.78 is 5.59. The second-order valence-corrected chi connectivity index (χ2v) is 5.96. The number of fused-ring (bicyclic) bond motifs is 1. The number of ether oxygens (including phenoxy) is 1. The van der Waals surface area contributed by atoms with Crippen LogP contribution in [0.4, 0.5) is 0 Å². The number of benzene rings is 1. The van der Waals surface area contributed by atoms with Gasteiger partial charge in [0.25, 0.3) is 5.91 Å². The Kier molecular flexibility index (Phi) is 4.73. The molecule has 1 heterocycles. The van der Waals surface area contributed by atoms with Crippen molar-refractivity contribution in [1.82, 2.24) is 5.32 Å². The fourth-order valence-corrected chi connectivity index (χ4v) is 2.48. The van der Waals surface area contributed by atoms with Crippen molar-refractivity contribution >= 4 is 23.5 Å². The van der Waals surface area contributed by atoms with Crippen molar-refractivity contribution in [3.63, 3.8) is 0 Å². The number of carbonyl (C=O) groups excluding carboxylic acids is 1. The zero-order valence-corrected chi connectivity index (χ0v) is 12.7. The van der Waals surface area contributed by atoms with E-state index < -0.39 is 18.1 Å². The Hall–Kier alpha value is -1.75. The monoisotopic (exact) mass is 311 g/mol. The number of carbonyl (C=O) groups is 2. The predicted octanol–water partition coefficient (Wildman–Crippen LogP) is 2.26. The molecule has 0 saturated heterocycles. The molecule has 2 unspecified atom stereocenters. The van der Waals surface area contributed by atoms with E-state index in [1.807, 2.05) is 13.8 Å². The number of nitrogens with one attached hydrogen (secondary N) is 1. The van der Waals surface area contributed by atoms with Crippen molar-refractivity contribution in [3.8, 4) is 5.75 Å². The Labute approximate surface area is 128 Å². The quantitative estimate of drug-likeness (QED) is 0.874. The molecular formula is C15H18ClNO4. The molecule has 0 fully saturated rings. The Balaban J connectivity index is 2.00. The number of aliphatic carboxylic acids is 1. The Morgan fingerprint density at radius 2 is 2.19 bits per heavy atom. The highest BCUT2D eigenvalue weighted by Crippen LogP contribution is 2.31. The van der Waals surface area contributed by atoms with Crippen molar-refractivity contribution in [3.05, 3.63) is 28.8 Å². The summed E-state index contributed by atoms with van der Waals surface area (Å²) in [7, 11) is 0. The fourth-order valence-electron chi connectivity index (χ4n) is 2.28. The SMILES string of the molecule is CC(C)C(CC(=O)O)NC(=O)C1Cc2cc(Cl)ccc2O1. The van der Waals surface area contributed by atoms with E-state index in [-0.39, 0.29) is 18.2 Å². The van der Waals surface area contributed by atoms with Crippen LogP contribution in [0.5, 0.6) is 5.75 Å². The van der Waals surface area contributed by atoms with Crippen LogP contribution in [0.3, 0.4) is 0 Å². The molecule has 0 aromatic heterocycles. The molecule has 1 aliphatic rings. The maximum Gasteiger partial charge on any atom is 0.305 e. The van der Waals surface area contributed by atoms with Crippen LogP contribution in [0, 0.1) is 5.92 Å². The van der Waals surface area contributed by atoms with Crippen LogP contribution in [0.25, 0.3) is 0 Å². The van der Waals surface area contributed by atoms with Gasteiger partial charge in [-0.1, -0.05) is 25.4 Å². The first-order valence-corrected chi connectivity index (χ1v) is 7.22. The summed E-state index contributed by atoms with van der Waals surface area (Å²) in [6.45, 7) is 3.75. The first-order chi connectivity index (χ1) is 9.86. The molecule has 1 aromatic carbocycles. The average molecular weight is 312 g/mol. The van der Waals surface area contributed by atoms with Gasteiger partial charge in [0.05, 0.1) is 6.42 Å². The third kappa shape index (κ3) is 3.88. The zero-order valence-electron chi connectivity index (χ0n) is 11.9. The van der Waals surface area contributed by atoms with E-state index in [2.05, 4.69) is 5.32 Å². The van der Waals surface area contributed by atoms with Gasteiger partial charge in [-0.05, 0) is 29.7 Å². The lowest BCUT2D eigenvalue weighted by molar-refractivity contribution is -0.138. The number of hydrogen-bond acceptors (Lipinski definition) is 3. The van der Waals surface area contributed by atoms with Crippen molar-refractivity contribution < 1.29 is 19.4 Å². The molecule has 0 bridgehead atoms. The normalized spacial score (nSPS) is 18.0. The molecule has 0 aliphatic carbocycles. The van der Waals surface area contributed by atoms with E-state index in [4.69, 9.17) is 21.4 Å². The Morgan fingerprint density at radius 3 is 2.81 bits per heavy atom. The van der Waals surface area contributed by atoms with Crippen LogP contribution in [0.15, 0.2) is 18.2 Å². The number of carboxylic acid groups (broad SMARTS) is 1. The van der Waals surface area contributed by atoms with Crippen molar-refractivity contribution in [1.29, 1.82) is 0 Å². The van der Waals surface area contributed by atoms with Crippen LogP contribution < -0.4 is 10.1 Å². The van der Waals surface area contributed by atoms with Crippen LogP contribution in [0.1, 0.15) is 25.8 Å². The number of hydrogen-bond donors (Lipinski definition) is 2. The summed E-state index contributed by atoms with van der Waals surface area (Å²) >= 11 is 5.91. The minimum Gasteiger partial charge on any atom is -0.481 e. The molecule has 0 radical (unpaired) electrons. The molecule has 0 saturated carbocycles. The van der Waals surface area contributed by atoms with Gasteiger partial charge >= 0.3 is 5.97 Å². The molecule has 0 spiro atoms. The van der Waals surface area contributed by atoms with Crippen LogP contribution in [0.2, 0.25) is 5.02 Å². The maximum absolute atomic E-state index is 12.2. The van der Waals surface area contributed by atoms with Gasteiger partial charge in [-0.25, -0.2) is 0 Å². The molecular weight excluding hydrogens is 294 g/mol. The van der Waals surface area contributed by atoms with Crippen molar-refractivity contribution in [2.24, 2.45) is 5.92 Å². The summed E-state index contributed by atoms with van der Waals surface area (Å²) in [6.07, 6.45) is -0.289. The van der Waals surface area contributed by atoms with Crippen molar-refractivity contribution in [2.75, 3.05) is 0 Å². The molecule has 2 N–H and O–H groups in total. The van der Waals surface area contributed by atoms with Gasteiger partial charge in [-0.15, -0.1) is 0 Å². The molecule has 2 rings (SSSR count). The average Bonchev–Trinajstić information content (AvgIpc) is 2.80. The Morgan fingerprint density at radius 1 is 1.48 bits per heavy atom. The fraction of sp³-hybridized carbons (Fsp3) is 0.467. The largest absolute Gasteiger partial charge is 0.481 e. The van der Waals surface area contributed by atoms with Gasteiger partial charge in [0.2, 0.25) is 0 Å². The number of rotatable bonds is 5. The zero-order chi connectivity index (χ0) is 15.6. The standard InChI is InChI=1S/C15H18ClNO4/c1-8(2)11(7-14(18)19)17-15(20)13-6-9-5-10(16)3-4-12(9)21-13/h3-5,8,11,13H,6-7H2,1-2H3,(H,17,20)(H,18,19).